The molecule has 0 aliphatic carbocycles. The zero-order valence-electron chi connectivity index (χ0n) is 13.5. The lowest BCUT2D eigenvalue weighted by molar-refractivity contribution is 0.0752. The fourth-order valence-corrected chi connectivity index (χ4v) is 3.34. The molecule has 3 heterocycles. The van der Waals surface area contributed by atoms with Crippen molar-refractivity contribution in [3.05, 3.63) is 63.8 Å². The lowest BCUT2D eigenvalue weighted by atomic mass is 10.1. The van der Waals surface area contributed by atoms with Gasteiger partial charge in [0, 0.05) is 23.8 Å². The SMILES string of the molecule is CCN(Cc1cccs1)C(=O)c1c(C)oc(-n2cccc2)c1C#N. The third kappa shape index (κ3) is 2.86. The van der Waals surface area contributed by atoms with Crippen molar-refractivity contribution in [2.45, 2.75) is 20.4 Å². The summed E-state index contributed by atoms with van der Waals surface area (Å²) in [6, 6.07) is 9.78. The number of furan rings is 1. The molecule has 0 saturated heterocycles. The highest BCUT2D eigenvalue weighted by molar-refractivity contribution is 7.09. The van der Waals surface area contributed by atoms with Gasteiger partial charge >= 0.3 is 0 Å². The van der Waals surface area contributed by atoms with Gasteiger partial charge in [0.1, 0.15) is 23.0 Å². The minimum atomic E-state index is -0.179. The van der Waals surface area contributed by atoms with Crippen molar-refractivity contribution >= 4 is 17.2 Å². The predicted molar refractivity (Wildman–Crippen MR) is 92.2 cm³/mol. The third-order valence-corrected chi connectivity index (χ3v) is 4.69. The number of hydrogen-bond acceptors (Lipinski definition) is 4. The van der Waals surface area contributed by atoms with E-state index in [2.05, 4.69) is 6.07 Å². The fraction of sp³-hybridized carbons (Fsp3) is 0.222. The van der Waals surface area contributed by atoms with Crippen LogP contribution < -0.4 is 0 Å². The molecule has 24 heavy (non-hydrogen) atoms. The van der Waals surface area contributed by atoms with Gasteiger partial charge in [0.2, 0.25) is 5.88 Å². The van der Waals surface area contributed by atoms with E-state index in [-0.39, 0.29) is 11.5 Å². The molecule has 0 aromatic carbocycles. The highest BCUT2D eigenvalue weighted by Gasteiger charge is 2.27. The van der Waals surface area contributed by atoms with Crippen molar-refractivity contribution in [3.8, 4) is 12.0 Å². The van der Waals surface area contributed by atoms with Gasteiger partial charge in [-0.25, -0.2) is 0 Å². The molecule has 5 nitrogen and oxygen atoms in total. The van der Waals surface area contributed by atoms with E-state index in [0.717, 1.165) is 4.88 Å². The Kier molecular flexibility index (Phi) is 4.54. The molecule has 122 valence electrons. The molecule has 0 aliphatic rings. The van der Waals surface area contributed by atoms with Crippen LogP contribution in [0.4, 0.5) is 0 Å². The Balaban J connectivity index is 1.99. The van der Waals surface area contributed by atoms with E-state index in [1.54, 1.807) is 40.1 Å². The van der Waals surface area contributed by atoms with Gasteiger partial charge in [0.15, 0.2) is 0 Å². The number of thiophene rings is 1. The van der Waals surface area contributed by atoms with Crippen molar-refractivity contribution in [2.24, 2.45) is 0 Å². The van der Waals surface area contributed by atoms with Crippen molar-refractivity contribution in [2.75, 3.05) is 6.54 Å². The predicted octanol–water partition coefficient (Wildman–Crippen LogP) is 3.97. The molecular weight excluding hydrogens is 322 g/mol. The number of hydrogen-bond donors (Lipinski definition) is 0. The first-order chi connectivity index (χ1) is 11.7. The molecule has 0 spiro atoms. The number of aromatic nitrogens is 1. The molecule has 3 rings (SSSR count). The van der Waals surface area contributed by atoms with E-state index in [1.165, 1.54) is 0 Å². The fourth-order valence-electron chi connectivity index (χ4n) is 2.62. The van der Waals surface area contributed by atoms with Crippen molar-refractivity contribution in [1.82, 2.24) is 9.47 Å². The second kappa shape index (κ2) is 6.77. The summed E-state index contributed by atoms with van der Waals surface area (Å²) >= 11 is 1.61. The molecule has 0 atom stereocenters. The van der Waals surface area contributed by atoms with Crippen LogP contribution in [-0.2, 0) is 6.54 Å². The number of rotatable bonds is 5. The number of amides is 1. The number of aryl methyl sites for hydroxylation is 1. The van der Waals surface area contributed by atoms with Gasteiger partial charge in [-0.3, -0.25) is 9.36 Å². The standard InChI is InChI=1S/C18H17N3O2S/c1-3-20(12-14-7-6-10-24-14)17(22)16-13(2)23-18(15(16)11-19)21-8-4-5-9-21/h4-10H,3,12H2,1-2H3. The lowest BCUT2D eigenvalue weighted by Gasteiger charge is -2.20. The second-order valence-electron chi connectivity index (χ2n) is 5.31. The summed E-state index contributed by atoms with van der Waals surface area (Å²) in [6.07, 6.45) is 3.58. The first-order valence-electron chi connectivity index (χ1n) is 7.64. The van der Waals surface area contributed by atoms with Crippen molar-refractivity contribution < 1.29 is 9.21 Å². The second-order valence-corrected chi connectivity index (χ2v) is 6.35. The maximum atomic E-state index is 13.0. The highest BCUT2D eigenvalue weighted by Crippen LogP contribution is 2.27. The molecule has 1 amide bonds. The molecule has 0 radical (unpaired) electrons. The Bertz CT molecular complexity index is 870. The zero-order valence-corrected chi connectivity index (χ0v) is 14.3. The van der Waals surface area contributed by atoms with E-state index in [1.807, 2.05) is 36.6 Å². The quantitative estimate of drug-likeness (QED) is 0.706. The van der Waals surface area contributed by atoms with Gasteiger partial charge in [0.05, 0.1) is 6.54 Å². The van der Waals surface area contributed by atoms with E-state index >= 15 is 0 Å². The summed E-state index contributed by atoms with van der Waals surface area (Å²) in [7, 11) is 0. The minimum absolute atomic E-state index is 0.179. The van der Waals surface area contributed by atoms with E-state index in [9.17, 15) is 10.1 Å². The average Bonchev–Trinajstić information content (AvgIpc) is 3.32. The first kappa shape index (κ1) is 16.1. The van der Waals surface area contributed by atoms with Gasteiger partial charge < -0.3 is 9.32 Å². The van der Waals surface area contributed by atoms with Gasteiger partial charge in [-0.2, -0.15) is 5.26 Å². The topological polar surface area (TPSA) is 62.2 Å². The summed E-state index contributed by atoms with van der Waals surface area (Å²) in [4.78, 5) is 15.8. The van der Waals surface area contributed by atoms with Crippen LogP contribution in [-0.4, -0.2) is 21.9 Å². The molecule has 3 aromatic rings. The third-order valence-electron chi connectivity index (χ3n) is 3.83. The van der Waals surface area contributed by atoms with Crippen LogP contribution >= 0.6 is 11.3 Å². The van der Waals surface area contributed by atoms with E-state index in [0.29, 0.717) is 30.3 Å². The lowest BCUT2D eigenvalue weighted by Crippen LogP contribution is -2.30. The van der Waals surface area contributed by atoms with Gasteiger partial charge in [-0.05, 0) is 37.4 Å². The normalized spacial score (nSPS) is 10.5. The smallest absolute Gasteiger partial charge is 0.259 e. The Morgan fingerprint density at radius 2 is 2.12 bits per heavy atom. The highest BCUT2D eigenvalue weighted by atomic mass is 32.1. The first-order valence-corrected chi connectivity index (χ1v) is 8.52. The Hall–Kier alpha value is -2.78. The summed E-state index contributed by atoms with van der Waals surface area (Å²) < 4.78 is 7.43. The molecule has 0 saturated carbocycles. The molecule has 3 aromatic heterocycles. The Morgan fingerprint density at radius 3 is 2.71 bits per heavy atom. The summed E-state index contributed by atoms with van der Waals surface area (Å²) in [6.45, 7) is 4.74. The van der Waals surface area contributed by atoms with Gasteiger partial charge in [0.25, 0.3) is 5.91 Å². The van der Waals surface area contributed by atoms with Crippen molar-refractivity contribution in [3.63, 3.8) is 0 Å². The van der Waals surface area contributed by atoms with Crippen LogP contribution in [0.2, 0.25) is 0 Å². The molecular formula is C18H17N3O2S. The van der Waals surface area contributed by atoms with Gasteiger partial charge in [-0.15, -0.1) is 11.3 Å². The van der Waals surface area contributed by atoms with E-state index in [4.69, 9.17) is 4.42 Å². The van der Waals surface area contributed by atoms with E-state index < -0.39 is 0 Å². The minimum Gasteiger partial charge on any atom is -0.443 e. The molecule has 0 aliphatic heterocycles. The van der Waals surface area contributed by atoms with Crippen molar-refractivity contribution in [1.29, 1.82) is 5.26 Å². The van der Waals surface area contributed by atoms with Crippen LogP contribution in [0, 0.1) is 18.3 Å². The van der Waals surface area contributed by atoms with Crippen LogP contribution in [0.25, 0.3) is 5.88 Å². The number of carbonyl (C=O) groups excluding carboxylic acids is 1. The Morgan fingerprint density at radius 1 is 1.38 bits per heavy atom. The van der Waals surface area contributed by atoms with Crippen LogP contribution in [0.1, 0.15) is 33.5 Å². The Labute approximate surface area is 144 Å². The summed E-state index contributed by atoms with van der Waals surface area (Å²) in [5.41, 5.74) is 0.623. The number of nitrogens with zero attached hydrogens (tertiary/aromatic N) is 3. The molecule has 0 unspecified atom stereocenters. The van der Waals surface area contributed by atoms with Crippen LogP contribution in [0.15, 0.2) is 46.5 Å². The summed E-state index contributed by atoms with van der Waals surface area (Å²) in [5.74, 6) is 0.669. The molecule has 0 bridgehead atoms. The molecule has 6 heteroatoms. The summed E-state index contributed by atoms with van der Waals surface area (Å²) in [5, 5.41) is 11.6. The monoisotopic (exact) mass is 339 g/mol. The maximum Gasteiger partial charge on any atom is 0.259 e. The van der Waals surface area contributed by atoms with Crippen LogP contribution in [0.5, 0.6) is 0 Å². The zero-order chi connectivity index (χ0) is 17.1. The van der Waals surface area contributed by atoms with Gasteiger partial charge in [-0.1, -0.05) is 6.07 Å². The maximum absolute atomic E-state index is 13.0. The largest absolute Gasteiger partial charge is 0.443 e. The molecule has 0 N–H and O–H groups in total. The number of nitriles is 1. The number of carbonyl (C=O) groups is 1. The average molecular weight is 339 g/mol. The molecule has 0 fully saturated rings. The van der Waals surface area contributed by atoms with Crippen LogP contribution in [0.3, 0.4) is 0 Å².